The van der Waals surface area contributed by atoms with E-state index in [1.807, 2.05) is 19.1 Å². The molecule has 0 radical (unpaired) electrons. The minimum absolute atomic E-state index is 0.359. The van der Waals surface area contributed by atoms with E-state index < -0.39 is 24.0 Å². The second kappa shape index (κ2) is 9.27. The fourth-order valence-electron chi connectivity index (χ4n) is 3.81. The van der Waals surface area contributed by atoms with Gasteiger partial charge in [-0.1, -0.05) is 23.9 Å². The van der Waals surface area contributed by atoms with E-state index in [-0.39, 0.29) is 0 Å². The van der Waals surface area contributed by atoms with Crippen LogP contribution in [0.15, 0.2) is 40.5 Å². The van der Waals surface area contributed by atoms with Gasteiger partial charge in [0.15, 0.2) is 6.61 Å². The number of nitrogens with zero attached hydrogens (tertiary/aromatic N) is 3. The van der Waals surface area contributed by atoms with Gasteiger partial charge in [0, 0.05) is 15.2 Å². The summed E-state index contributed by atoms with van der Waals surface area (Å²) in [6.07, 6.45) is 4.57. The number of rotatable bonds is 6. The molecule has 0 aliphatic heterocycles. The van der Waals surface area contributed by atoms with Crippen molar-refractivity contribution < 1.29 is 14.3 Å². The summed E-state index contributed by atoms with van der Waals surface area (Å²) in [4.78, 5) is 36.6. The number of carbonyl (C=O) groups is 2. The number of esters is 1. The number of ether oxygens (including phenoxy) is 1. The number of benzene rings is 1. The number of nitrogens with one attached hydrogen (secondary N) is 1. The van der Waals surface area contributed by atoms with Gasteiger partial charge in [-0.2, -0.15) is 5.26 Å². The monoisotopic (exact) mass is 466 g/mol. The van der Waals surface area contributed by atoms with Crippen molar-refractivity contribution >= 4 is 45.2 Å². The number of thiophene rings is 1. The highest BCUT2D eigenvalue weighted by Crippen LogP contribution is 2.38. The topological polar surface area (TPSA) is 105 Å². The first kappa shape index (κ1) is 22.2. The number of aryl methyl sites for hydroxylation is 2. The van der Waals surface area contributed by atoms with Gasteiger partial charge in [-0.05, 0) is 57.2 Å². The number of aromatic nitrogens is 2. The summed E-state index contributed by atoms with van der Waals surface area (Å²) < 4.78 is 5.28. The summed E-state index contributed by atoms with van der Waals surface area (Å²) in [6.45, 7) is 3.66. The molecule has 2 aromatic heterocycles. The van der Waals surface area contributed by atoms with E-state index in [0.717, 1.165) is 33.6 Å². The maximum Gasteiger partial charge on any atom is 0.339 e. The van der Waals surface area contributed by atoms with Crippen molar-refractivity contribution in [3.8, 4) is 6.07 Å². The molecule has 32 heavy (non-hydrogen) atoms. The van der Waals surface area contributed by atoms with E-state index in [9.17, 15) is 14.9 Å². The van der Waals surface area contributed by atoms with E-state index in [4.69, 9.17) is 4.74 Å². The molecule has 0 saturated heterocycles. The molecule has 1 aliphatic carbocycles. The lowest BCUT2D eigenvalue weighted by Gasteiger charge is -2.21. The second-order valence-electron chi connectivity index (χ2n) is 7.77. The molecule has 0 bridgehead atoms. The maximum atomic E-state index is 12.8. The van der Waals surface area contributed by atoms with Crippen LogP contribution < -0.4 is 5.32 Å². The molecule has 7 nitrogen and oxygen atoms in total. The maximum absolute atomic E-state index is 12.8. The van der Waals surface area contributed by atoms with E-state index in [1.165, 1.54) is 23.0 Å². The van der Waals surface area contributed by atoms with Crippen LogP contribution >= 0.6 is 23.1 Å². The van der Waals surface area contributed by atoms with Gasteiger partial charge >= 0.3 is 5.97 Å². The molecule has 1 saturated carbocycles. The molecule has 1 aromatic carbocycles. The van der Waals surface area contributed by atoms with Gasteiger partial charge in [0.2, 0.25) is 0 Å². The largest absolute Gasteiger partial charge is 0.452 e. The van der Waals surface area contributed by atoms with E-state index in [0.29, 0.717) is 23.3 Å². The van der Waals surface area contributed by atoms with Crippen LogP contribution in [0.1, 0.15) is 46.5 Å². The van der Waals surface area contributed by atoms with Crippen LogP contribution in [0.3, 0.4) is 0 Å². The number of amides is 1. The van der Waals surface area contributed by atoms with E-state index in [2.05, 4.69) is 28.3 Å². The van der Waals surface area contributed by atoms with Gasteiger partial charge in [-0.3, -0.25) is 4.79 Å². The zero-order valence-corrected chi connectivity index (χ0v) is 19.4. The second-order valence-corrected chi connectivity index (χ2v) is 10.00. The van der Waals surface area contributed by atoms with Gasteiger partial charge in [-0.25, -0.2) is 14.8 Å². The van der Waals surface area contributed by atoms with Crippen molar-refractivity contribution in [2.45, 2.75) is 55.0 Å². The van der Waals surface area contributed by atoms with Crippen molar-refractivity contribution in [1.29, 1.82) is 5.26 Å². The summed E-state index contributed by atoms with van der Waals surface area (Å²) in [6, 6.07) is 9.28. The zero-order chi connectivity index (χ0) is 22.7. The summed E-state index contributed by atoms with van der Waals surface area (Å²) in [5.74, 6) is -1.06. The van der Waals surface area contributed by atoms with Crippen molar-refractivity contribution in [2.24, 2.45) is 0 Å². The predicted molar refractivity (Wildman–Crippen MR) is 123 cm³/mol. The summed E-state index contributed by atoms with van der Waals surface area (Å²) in [7, 11) is 0. The first-order valence-corrected chi connectivity index (χ1v) is 11.9. The first-order chi connectivity index (χ1) is 15.4. The minimum Gasteiger partial charge on any atom is -0.452 e. The Hall–Kier alpha value is -2.96. The van der Waals surface area contributed by atoms with Crippen molar-refractivity contribution in [3.63, 3.8) is 0 Å². The Balaban J connectivity index is 1.49. The number of hydrogen-bond donors (Lipinski definition) is 1. The lowest BCUT2D eigenvalue weighted by Crippen LogP contribution is -2.46. The Bertz CT molecular complexity index is 1230. The van der Waals surface area contributed by atoms with Gasteiger partial charge in [0.05, 0.1) is 11.6 Å². The highest BCUT2D eigenvalue weighted by molar-refractivity contribution is 7.99. The molecule has 164 valence electrons. The predicted octanol–water partition coefficient (Wildman–Crippen LogP) is 4.57. The Morgan fingerprint density at radius 1 is 1.25 bits per heavy atom. The summed E-state index contributed by atoms with van der Waals surface area (Å²) >= 11 is 2.99. The van der Waals surface area contributed by atoms with Crippen LogP contribution in [-0.4, -0.2) is 34.0 Å². The average molecular weight is 467 g/mol. The van der Waals surface area contributed by atoms with Crippen LogP contribution in [0.5, 0.6) is 0 Å². The highest BCUT2D eigenvalue weighted by atomic mass is 32.2. The van der Waals surface area contributed by atoms with Gasteiger partial charge in [-0.15, -0.1) is 11.3 Å². The molecule has 9 heteroatoms. The number of fused-ring (bicyclic) bond motifs is 1. The molecular weight excluding hydrogens is 444 g/mol. The number of carbonyl (C=O) groups excluding carboxylic acids is 2. The molecule has 0 spiro atoms. The van der Waals surface area contributed by atoms with Crippen molar-refractivity contribution in [1.82, 2.24) is 15.3 Å². The molecular formula is C23H22N4O3S2. The van der Waals surface area contributed by atoms with Crippen molar-refractivity contribution in [3.05, 3.63) is 46.6 Å². The van der Waals surface area contributed by atoms with E-state index >= 15 is 0 Å². The van der Waals surface area contributed by atoms with Crippen LogP contribution in [-0.2, 0) is 9.53 Å². The Labute approximate surface area is 194 Å². The Morgan fingerprint density at radius 2 is 2.00 bits per heavy atom. The molecule has 1 fully saturated rings. The van der Waals surface area contributed by atoms with Crippen molar-refractivity contribution in [2.75, 3.05) is 6.61 Å². The molecule has 1 amide bonds. The van der Waals surface area contributed by atoms with Crippen LogP contribution in [0.25, 0.3) is 10.2 Å². The average Bonchev–Trinajstić information content (AvgIpc) is 3.37. The molecule has 1 N–H and O–H groups in total. The van der Waals surface area contributed by atoms with Gasteiger partial charge in [0.25, 0.3) is 5.91 Å². The molecule has 0 unspecified atom stereocenters. The molecule has 0 atom stereocenters. The Kier molecular flexibility index (Phi) is 6.44. The molecule has 3 aromatic rings. The third kappa shape index (κ3) is 4.47. The normalized spacial score (nSPS) is 14.8. The van der Waals surface area contributed by atoms with Crippen LogP contribution in [0.4, 0.5) is 0 Å². The standard InChI is InChI=1S/C23H22N4O3S2/c1-14-15(2)31-20-19(14)21(26-13-25-20)32-17-8-4-3-7-16(17)22(29)30-11-18(28)27-23(12-24)9-5-6-10-23/h3-4,7-8,13H,5-6,9-11H2,1-2H3,(H,27,28). The summed E-state index contributed by atoms with van der Waals surface area (Å²) in [5, 5.41) is 13.9. The lowest BCUT2D eigenvalue weighted by molar-refractivity contribution is -0.125. The Morgan fingerprint density at radius 3 is 2.75 bits per heavy atom. The molecule has 1 aliphatic rings. The summed E-state index contributed by atoms with van der Waals surface area (Å²) in [5.41, 5.74) is 0.646. The zero-order valence-electron chi connectivity index (χ0n) is 17.8. The third-order valence-electron chi connectivity index (χ3n) is 5.63. The smallest absolute Gasteiger partial charge is 0.339 e. The SMILES string of the molecule is Cc1sc2ncnc(Sc3ccccc3C(=O)OCC(=O)NC3(C#N)CCCC3)c2c1C. The number of nitriles is 1. The molecule has 2 heterocycles. The van der Waals surface area contributed by atoms with E-state index in [1.54, 1.807) is 23.5 Å². The van der Waals surface area contributed by atoms with Crippen LogP contribution in [0, 0.1) is 25.2 Å². The highest BCUT2D eigenvalue weighted by Gasteiger charge is 2.35. The van der Waals surface area contributed by atoms with Gasteiger partial charge in [0.1, 0.15) is 21.7 Å². The fourth-order valence-corrected chi connectivity index (χ4v) is 5.94. The third-order valence-corrected chi connectivity index (χ3v) is 7.82. The first-order valence-electron chi connectivity index (χ1n) is 10.3. The van der Waals surface area contributed by atoms with Gasteiger partial charge < -0.3 is 10.1 Å². The minimum atomic E-state index is -0.841. The lowest BCUT2D eigenvalue weighted by atomic mass is 10.00. The van der Waals surface area contributed by atoms with Crippen LogP contribution in [0.2, 0.25) is 0 Å². The molecule has 4 rings (SSSR count). The quantitative estimate of drug-likeness (QED) is 0.419. The fraction of sp³-hybridized carbons (Fsp3) is 0.348. The number of hydrogen-bond acceptors (Lipinski definition) is 8.